The Hall–Kier alpha value is -3.27. The molecule has 0 saturated heterocycles. The predicted octanol–water partition coefficient (Wildman–Crippen LogP) is 4.37. The van der Waals surface area contributed by atoms with E-state index in [1.807, 2.05) is 54.6 Å². The maximum atomic E-state index is 4.83. The third-order valence-corrected chi connectivity index (χ3v) is 3.85. The standard InChI is InChI=1S/C20H16N4/c1-15-11-13-16(14-12-15)20(21-17-7-3-2-4-8-17)24-19-10-6-5-9-18(19)22-23-24/h2-14H,1H3. The second-order valence-corrected chi connectivity index (χ2v) is 5.63. The van der Waals surface area contributed by atoms with Crippen LogP contribution in [0.15, 0.2) is 83.9 Å². The number of nitrogens with zero attached hydrogens (tertiary/aromatic N) is 4. The molecular weight excluding hydrogens is 296 g/mol. The Kier molecular flexibility index (Phi) is 3.63. The maximum Gasteiger partial charge on any atom is 0.163 e. The minimum Gasteiger partial charge on any atom is -0.229 e. The molecule has 0 bridgehead atoms. The van der Waals surface area contributed by atoms with Gasteiger partial charge in [0.2, 0.25) is 0 Å². The number of hydrogen-bond acceptors (Lipinski definition) is 3. The fourth-order valence-corrected chi connectivity index (χ4v) is 2.59. The van der Waals surface area contributed by atoms with Gasteiger partial charge in [-0.15, -0.1) is 5.10 Å². The molecule has 0 N–H and O–H groups in total. The van der Waals surface area contributed by atoms with Crippen LogP contribution in [0.25, 0.3) is 11.0 Å². The second-order valence-electron chi connectivity index (χ2n) is 5.63. The van der Waals surface area contributed by atoms with Gasteiger partial charge >= 0.3 is 0 Å². The molecule has 0 atom stereocenters. The molecule has 0 saturated carbocycles. The molecule has 0 aliphatic carbocycles. The first kappa shape index (κ1) is 14.3. The lowest BCUT2D eigenvalue weighted by Crippen LogP contribution is -2.15. The Bertz CT molecular complexity index is 999. The normalized spacial score (nSPS) is 11.8. The van der Waals surface area contributed by atoms with Crippen LogP contribution in [-0.4, -0.2) is 20.8 Å². The summed E-state index contributed by atoms with van der Waals surface area (Å²) < 4.78 is 1.80. The Labute approximate surface area is 140 Å². The Morgan fingerprint density at radius 3 is 2.33 bits per heavy atom. The molecule has 0 spiro atoms. The Morgan fingerprint density at radius 2 is 1.54 bits per heavy atom. The summed E-state index contributed by atoms with van der Waals surface area (Å²) in [6, 6.07) is 26.1. The van der Waals surface area contributed by atoms with Crippen LogP contribution in [0.4, 0.5) is 5.69 Å². The summed E-state index contributed by atoms with van der Waals surface area (Å²) in [5.41, 5.74) is 4.88. The van der Waals surface area contributed by atoms with Crippen molar-refractivity contribution in [2.45, 2.75) is 6.92 Å². The highest BCUT2D eigenvalue weighted by Crippen LogP contribution is 2.18. The number of fused-ring (bicyclic) bond motifs is 1. The zero-order valence-electron chi connectivity index (χ0n) is 13.3. The molecule has 24 heavy (non-hydrogen) atoms. The van der Waals surface area contributed by atoms with Crippen molar-refractivity contribution in [2.24, 2.45) is 4.99 Å². The van der Waals surface area contributed by atoms with Crippen molar-refractivity contribution in [2.75, 3.05) is 0 Å². The smallest absolute Gasteiger partial charge is 0.163 e. The summed E-state index contributed by atoms with van der Waals surface area (Å²) in [7, 11) is 0. The van der Waals surface area contributed by atoms with E-state index in [9.17, 15) is 0 Å². The summed E-state index contributed by atoms with van der Waals surface area (Å²) in [6.07, 6.45) is 0. The number of aliphatic imine (C=N–C) groups is 1. The Balaban J connectivity index is 1.93. The molecule has 0 radical (unpaired) electrons. The summed E-state index contributed by atoms with van der Waals surface area (Å²) in [5.74, 6) is 0.759. The van der Waals surface area contributed by atoms with Gasteiger partial charge in [0, 0.05) is 5.56 Å². The average Bonchev–Trinajstić information content (AvgIpc) is 3.05. The van der Waals surface area contributed by atoms with E-state index in [4.69, 9.17) is 4.99 Å². The molecule has 116 valence electrons. The van der Waals surface area contributed by atoms with Crippen molar-refractivity contribution in [1.82, 2.24) is 15.0 Å². The molecular formula is C20H16N4. The van der Waals surface area contributed by atoms with Gasteiger partial charge < -0.3 is 0 Å². The number of rotatable bonds is 2. The van der Waals surface area contributed by atoms with Crippen LogP contribution in [0, 0.1) is 6.92 Å². The van der Waals surface area contributed by atoms with E-state index in [0.29, 0.717) is 0 Å². The summed E-state index contributed by atoms with van der Waals surface area (Å²) in [5, 5.41) is 8.58. The van der Waals surface area contributed by atoms with Crippen molar-refractivity contribution in [1.29, 1.82) is 0 Å². The molecule has 0 amide bonds. The minimum atomic E-state index is 0.759. The van der Waals surface area contributed by atoms with Gasteiger partial charge in [-0.1, -0.05) is 65.4 Å². The minimum absolute atomic E-state index is 0.759. The third kappa shape index (κ3) is 2.70. The van der Waals surface area contributed by atoms with Gasteiger partial charge in [0.1, 0.15) is 5.52 Å². The highest BCUT2D eigenvalue weighted by atomic mass is 15.4. The molecule has 3 aromatic carbocycles. The van der Waals surface area contributed by atoms with Crippen molar-refractivity contribution in [3.8, 4) is 0 Å². The number of benzene rings is 3. The summed E-state index contributed by atoms with van der Waals surface area (Å²) in [4.78, 5) is 4.83. The molecule has 4 aromatic rings. The van der Waals surface area contributed by atoms with Gasteiger partial charge in [0.15, 0.2) is 5.84 Å². The van der Waals surface area contributed by atoms with E-state index in [1.54, 1.807) is 4.68 Å². The quantitative estimate of drug-likeness (QED) is 0.407. The van der Waals surface area contributed by atoms with Crippen molar-refractivity contribution >= 4 is 22.6 Å². The van der Waals surface area contributed by atoms with E-state index in [1.165, 1.54) is 5.56 Å². The van der Waals surface area contributed by atoms with Crippen molar-refractivity contribution in [3.63, 3.8) is 0 Å². The Morgan fingerprint density at radius 1 is 0.833 bits per heavy atom. The SMILES string of the molecule is Cc1ccc(C(=Nc2ccccc2)n2nnc3ccccc32)cc1. The van der Waals surface area contributed by atoms with Gasteiger partial charge in [-0.25, -0.2) is 4.99 Å². The highest BCUT2D eigenvalue weighted by Gasteiger charge is 2.12. The van der Waals surface area contributed by atoms with Crippen LogP contribution < -0.4 is 0 Å². The monoisotopic (exact) mass is 312 g/mol. The van der Waals surface area contributed by atoms with Crippen LogP contribution in [0.2, 0.25) is 0 Å². The van der Waals surface area contributed by atoms with E-state index >= 15 is 0 Å². The number of aromatic nitrogens is 3. The number of para-hydroxylation sites is 2. The number of hydrogen-bond donors (Lipinski definition) is 0. The average molecular weight is 312 g/mol. The molecule has 4 rings (SSSR count). The topological polar surface area (TPSA) is 43.1 Å². The molecule has 0 unspecified atom stereocenters. The van der Waals surface area contributed by atoms with Crippen LogP contribution in [-0.2, 0) is 0 Å². The first-order valence-electron chi connectivity index (χ1n) is 7.83. The summed E-state index contributed by atoms with van der Waals surface area (Å²) >= 11 is 0. The van der Waals surface area contributed by atoms with E-state index < -0.39 is 0 Å². The largest absolute Gasteiger partial charge is 0.229 e. The molecule has 1 aromatic heterocycles. The molecule has 0 aliphatic heterocycles. The lowest BCUT2D eigenvalue weighted by molar-refractivity contribution is 0.861. The number of aryl methyl sites for hydroxylation is 1. The van der Waals surface area contributed by atoms with Gasteiger partial charge in [-0.3, -0.25) is 0 Å². The lowest BCUT2D eigenvalue weighted by Gasteiger charge is -2.08. The van der Waals surface area contributed by atoms with Gasteiger partial charge in [0.05, 0.1) is 11.2 Å². The lowest BCUT2D eigenvalue weighted by atomic mass is 10.1. The van der Waals surface area contributed by atoms with E-state index in [-0.39, 0.29) is 0 Å². The summed E-state index contributed by atoms with van der Waals surface area (Å²) in [6.45, 7) is 2.07. The fourth-order valence-electron chi connectivity index (χ4n) is 2.59. The van der Waals surface area contributed by atoms with E-state index in [2.05, 4.69) is 41.5 Å². The molecule has 0 aliphatic rings. The van der Waals surface area contributed by atoms with E-state index in [0.717, 1.165) is 28.1 Å². The van der Waals surface area contributed by atoms with Gasteiger partial charge in [-0.2, -0.15) is 4.68 Å². The zero-order chi connectivity index (χ0) is 16.4. The van der Waals surface area contributed by atoms with Crippen LogP contribution >= 0.6 is 0 Å². The zero-order valence-corrected chi connectivity index (χ0v) is 13.3. The van der Waals surface area contributed by atoms with Crippen LogP contribution in [0.1, 0.15) is 11.1 Å². The first-order chi connectivity index (χ1) is 11.8. The fraction of sp³-hybridized carbons (Fsp3) is 0.0500. The van der Waals surface area contributed by atoms with Gasteiger partial charge in [0.25, 0.3) is 0 Å². The first-order valence-corrected chi connectivity index (χ1v) is 7.83. The van der Waals surface area contributed by atoms with Crippen molar-refractivity contribution < 1.29 is 0 Å². The third-order valence-electron chi connectivity index (χ3n) is 3.85. The predicted molar refractivity (Wildman–Crippen MR) is 96.7 cm³/mol. The second kappa shape index (κ2) is 6.08. The maximum absolute atomic E-state index is 4.83. The van der Waals surface area contributed by atoms with Crippen LogP contribution in [0.5, 0.6) is 0 Å². The molecule has 4 heteroatoms. The molecule has 0 fully saturated rings. The molecule has 4 nitrogen and oxygen atoms in total. The highest BCUT2D eigenvalue weighted by molar-refractivity contribution is 6.05. The van der Waals surface area contributed by atoms with Crippen LogP contribution in [0.3, 0.4) is 0 Å². The molecule has 1 heterocycles. The van der Waals surface area contributed by atoms with Gasteiger partial charge in [-0.05, 0) is 31.2 Å². The van der Waals surface area contributed by atoms with Crippen molar-refractivity contribution in [3.05, 3.63) is 90.0 Å².